The molecule has 5 nitrogen and oxygen atoms in total. The predicted molar refractivity (Wildman–Crippen MR) is 135 cm³/mol. The maximum absolute atomic E-state index is 9.96. The lowest BCUT2D eigenvalue weighted by atomic mass is 10.00. The summed E-state index contributed by atoms with van der Waals surface area (Å²) < 4.78 is 12.8. The SMILES string of the molecule is CC[C@@H](CN1CCCC1)Oc1ccc([C@@H]2Oc3ccc(O)cc3S[C@@H]2c2ccc(O)cc2)cc1. The van der Waals surface area contributed by atoms with Gasteiger partial charge in [0.15, 0.2) is 0 Å². The summed E-state index contributed by atoms with van der Waals surface area (Å²) in [6.45, 7) is 5.51. The van der Waals surface area contributed by atoms with Crippen LogP contribution in [0.1, 0.15) is 48.7 Å². The molecule has 0 aromatic heterocycles. The summed E-state index contributed by atoms with van der Waals surface area (Å²) in [5, 5.41) is 19.7. The van der Waals surface area contributed by atoms with Crippen LogP contribution in [0.4, 0.5) is 0 Å². The normalized spacial score (nSPS) is 21.0. The zero-order valence-electron chi connectivity index (χ0n) is 19.4. The van der Waals surface area contributed by atoms with Crippen molar-refractivity contribution >= 4 is 11.8 Å². The Morgan fingerprint density at radius 1 is 0.941 bits per heavy atom. The van der Waals surface area contributed by atoms with Gasteiger partial charge in [-0.2, -0.15) is 0 Å². The topological polar surface area (TPSA) is 62.2 Å². The van der Waals surface area contributed by atoms with Crippen molar-refractivity contribution < 1.29 is 19.7 Å². The summed E-state index contributed by atoms with van der Waals surface area (Å²) >= 11 is 1.67. The highest BCUT2D eigenvalue weighted by atomic mass is 32.2. The van der Waals surface area contributed by atoms with Gasteiger partial charge in [0, 0.05) is 6.54 Å². The molecule has 3 aromatic rings. The standard InChI is InChI=1S/C28H31NO4S/c1-2-23(18-29-15-3-4-16-29)32-24-12-7-19(8-13-24)27-28(20-5-9-21(30)10-6-20)34-26-17-22(31)11-14-25(26)33-27/h5-14,17,23,27-28,30-31H,2-4,15-16,18H2,1H3/t23-,27-,28+/m0/s1. The monoisotopic (exact) mass is 477 g/mol. The second-order valence-electron chi connectivity index (χ2n) is 9.02. The molecule has 2 N–H and O–H groups in total. The number of fused-ring (bicyclic) bond motifs is 1. The molecule has 2 heterocycles. The fourth-order valence-electron chi connectivity index (χ4n) is 4.66. The highest BCUT2D eigenvalue weighted by Crippen LogP contribution is 2.54. The van der Waals surface area contributed by atoms with Crippen LogP contribution >= 0.6 is 11.8 Å². The summed E-state index contributed by atoms with van der Waals surface area (Å²) in [6.07, 6.45) is 3.53. The van der Waals surface area contributed by atoms with E-state index < -0.39 is 0 Å². The van der Waals surface area contributed by atoms with Crippen LogP contribution in [0.25, 0.3) is 0 Å². The van der Waals surface area contributed by atoms with Crippen molar-refractivity contribution in [2.45, 2.75) is 48.5 Å². The summed E-state index contributed by atoms with van der Waals surface area (Å²) in [6, 6.07) is 20.7. The second kappa shape index (κ2) is 10.2. The molecule has 6 heteroatoms. The van der Waals surface area contributed by atoms with Gasteiger partial charge in [-0.3, -0.25) is 4.90 Å². The van der Waals surface area contributed by atoms with Crippen LogP contribution in [0.2, 0.25) is 0 Å². The number of phenols is 2. The third-order valence-corrected chi connectivity index (χ3v) is 7.91. The number of phenolic OH excluding ortho intramolecular Hbond substituents is 2. The minimum atomic E-state index is -0.216. The van der Waals surface area contributed by atoms with Crippen molar-refractivity contribution in [2.75, 3.05) is 19.6 Å². The van der Waals surface area contributed by atoms with Gasteiger partial charge in [-0.1, -0.05) is 31.2 Å². The van der Waals surface area contributed by atoms with Crippen LogP contribution in [0.3, 0.4) is 0 Å². The molecule has 5 rings (SSSR count). The van der Waals surface area contributed by atoms with Crippen molar-refractivity contribution in [3.8, 4) is 23.0 Å². The molecule has 0 radical (unpaired) electrons. The molecule has 34 heavy (non-hydrogen) atoms. The van der Waals surface area contributed by atoms with E-state index in [2.05, 4.69) is 24.0 Å². The average Bonchev–Trinajstić information content (AvgIpc) is 3.37. The van der Waals surface area contributed by atoms with E-state index in [1.807, 2.05) is 30.3 Å². The first-order valence-corrected chi connectivity index (χ1v) is 12.9. The van der Waals surface area contributed by atoms with E-state index in [1.165, 1.54) is 25.9 Å². The lowest BCUT2D eigenvalue weighted by Gasteiger charge is -2.34. The van der Waals surface area contributed by atoms with E-state index in [0.717, 1.165) is 40.5 Å². The molecular formula is C28H31NO4S. The number of benzene rings is 3. The van der Waals surface area contributed by atoms with E-state index in [4.69, 9.17) is 9.47 Å². The lowest BCUT2D eigenvalue weighted by molar-refractivity contribution is 0.143. The van der Waals surface area contributed by atoms with Gasteiger partial charge in [-0.25, -0.2) is 0 Å². The molecule has 0 unspecified atom stereocenters. The van der Waals surface area contributed by atoms with Crippen LogP contribution in [0.5, 0.6) is 23.0 Å². The Balaban J connectivity index is 1.37. The summed E-state index contributed by atoms with van der Waals surface area (Å²) in [4.78, 5) is 3.40. The van der Waals surface area contributed by atoms with Crippen molar-refractivity contribution in [1.29, 1.82) is 0 Å². The fraction of sp³-hybridized carbons (Fsp3) is 0.357. The molecule has 0 amide bonds. The third-order valence-electron chi connectivity index (χ3n) is 6.56. The van der Waals surface area contributed by atoms with Crippen molar-refractivity contribution in [3.63, 3.8) is 0 Å². The number of hydrogen-bond donors (Lipinski definition) is 2. The van der Waals surface area contributed by atoms with E-state index in [9.17, 15) is 10.2 Å². The Morgan fingerprint density at radius 2 is 1.62 bits per heavy atom. The van der Waals surface area contributed by atoms with Gasteiger partial charge in [0.2, 0.25) is 0 Å². The largest absolute Gasteiger partial charge is 0.508 e. The zero-order valence-corrected chi connectivity index (χ0v) is 20.2. The Labute approximate surface area is 205 Å². The zero-order chi connectivity index (χ0) is 23.5. The fourth-order valence-corrected chi connectivity index (χ4v) is 5.99. The molecule has 1 fully saturated rings. The Bertz CT molecular complexity index is 1100. The van der Waals surface area contributed by atoms with E-state index in [-0.39, 0.29) is 29.0 Å². The van der Waals surface area contributed by atoms with Crippen LogP contribution in [-0.2, 0) is 0 Å². The molecule has 2 aliphatic rings. The number of thioether (sulfide) groups is 1. The number of nitrogens with zero attached hydrogens (tertiary/aromatic N) is 1. The Hall–Kier alpha value is -2.83. The van der Waals surface area contributed by atoms with Gasteiger partial charge >= 0.3 is 0 Å². The van der Waals surface area contributed by atoms with Gasteiger partial charge in [0.1, 0.15) is 35.2 Å². The average molecular weight is 478 g/mol. The van der Waals surface area contributed by atoms with E-state index >= 15 is 0 Å². The predicted octanol–water partition coefficient (Wildman–Crippen LogP) is 6.32. The van der Waals surface area contributed by atoms with Crippen molar-refractivity contribution in [2.24, 2.45) is 0 Å². The molecule has 0 spiro atoms. The first-order chi connectivity index (χ1) is 16.6. The van der Waals surface area contributed by atoms with Crippen LogP contribution in [-0.4, -0.2) is 40.9 Å². The molecule has 2 aliphatic heterocycles. The maximum atomic E-state index is 9.96. The van der Waals surface area contributed by atoms with Gasteiger partial charge in [0.05, 0.1) is 10.1 Å². The Morgan fingerprint density at radius 3 is 2.32 bits per heavy atom. The molecule has 178 valence electrons. The summed E-state index contributed by atoms with van der Waals surface area (Å²) in [5.41, 5.74) is 2.11. The molecule has 1 saturated heterocycles. The van der Waals surface area contributed by atoms with Gasteiger partial charge < -0.3 is 19.7 Å². The summed E-state index contributed by atoms with van der Waals surface area (Å²) in [7, 11) is 0. The molecule has 0 bridgehead atoms. The highest BCUT2D eigenvalue weighted by molar-refractivity contribution is 7.99. The number of ether oxygens (including phenoxy) is 2. The van der Waals surface area contributed by atoms with Crippen molar-refractivity contribution in [3.05, 3.63) is 77.9 Å². The molecular weight excluding hydrogens is 446 g/mol. The second-order valence-corrected chi connectivity index (χ2v) is 10.2. The summed E-state index contributed by atoms with van der Waals surface area (Å²) in [5.74, 6) is 2.10. The minimum Gasteiger partial charge on any atom is -0.508 e. The number of likely N-dealkylation sites (tertiary alicyclic amines) is 1. The quantitative estimate of drug-likeness (QED) is 0.415. The number of hydrogen-bond acceptors (Lipinski definition) is 6. The molecule has 0 saturated carbocycles. The van der Waals surface area contributed by atoms with Crippen LogP contribution < -0.4 is 9.47 Å². The van der Waals surface area contributed by atoms with Crippen molar-refractivity contribution in [1.82, 2.24) is 4.90 Å². The third kappa shape index (κ3) is 5.13. The van der Waals surface area contributed by atoms with Gasteiger partial charge in [-0.05, 0) is 85.9 Å². The Kier molecular flexibility index (Phi) is 6.88. The smallest absolute Gasteiger partial charge is 0.140 e. The lowest BCUT2D eigenvalue weighted by Crippen LogP contribution is -2.33. The highest BCUT2D eigenvalue weighted by Gasteiger charge is 2.33. The maximum Gasteiger partial charge on any atom is 0.140 e. The van der Waals surface area contributed by atoms with Gasteiger partial charge in [-0.15, -0.1) is 11.8 Å². The first-order valence-electron chi connectivity index (χ1n) is 12.0. The van der Waals surface area contributed by atoms with E-state index in [0.29, 0.717) is 0 Å². The van der Waals surface area contributed by atoms with Gasteiger partial charge in [0.25, 0.3) is 0 Å². The minimum absolute atomic E-state index is 0.0276. The first kappa shape index (κ1) is 22.9. The van der Waals surface area contributed by atoms with Crippen LogP contribution in [0.15, 0.2) is 71.6 Å². The van der Waals surface area contributed by atoms with E-state index in [1.54, 1.807) is 36.0 Å². The molecule has 0 aliphatic carbocycles. The molecule has 3 aromatic carbocycles. The van der Waals surface area contributed by atoms with Crippen LogP contribution in [0, 0.1) is 0 Å². The number of rotatable bonds is 7. The molecule has 3 atom stereocenters. The number of aromatic hydroxyl groups is 2.